The van der Waals surface area contributed by atoms with Gasteiger partial charge in [0.05, 0.1) is 23.4 Å². The van der Waals surface area contributed by atoms with E-state index in [0.29, 0.717) is 17.1 Å². The number of methoxy groups -OCH3 is 1. The molecule has 40 heavy (non-hydrogen) atoms. The Morgan fingerprint density at radius 1 is 1.02 bits per heavy atom. The molecule has 0 aliphatic rings. The molecule has 2 aromatic heterocycles. The highest BCUT2D eigenvalue weighted by Crippen LogP contribution is 2.34. The number of hydrazone groups is 1. The maximum absolute atomic E-state index is 12.5. The number of ether oxygens (including phenoxy) is 3. The first-order chi connectivity index (χ1) is 19.2. The molecule has 9 nitrogen and oxygen atoms in total. The van der Waals surface area contributed by atoms with E-state index in [2.05, 4.69) is 45.8 Å². The van der Waals surface area contributed by atoms with Gasteiger partial charge in [-0.2, -0.15) is 5.10 Å². The predicted octanol–water partition coefficient (Wildman–Crippen LogP) is 6.28. The van der Waals surface area contributed by atoms with Gasteiger partial charge in [0.25, 0.3) is 0 Å². The van der Waals surface area contributed by atoms with E-state index in [1.807, 2.05) is 24.3 Å². The Bertz CT molecular complexity index is 1500. The van der Waals surface area contributed by atoms with Crippen molar-refractivity contribution in [3.8, 4) is 17.2 Å². The van der Waals surface area contributed by atoms with Crippen LogP contribution in [-0.4, -0.2) is 35.9 Å². The summed E-state index contributed by atoms with van der Waals surface area (Å²) in [6, 6.07) is 18.1. The second-order valence-corrected chi connectivity index (χ2v) is 9.61. The number of carbonyl (C=O) groups excluding carboxylic acids is 2. The van der Waals surface area contributed by atoms with Gasteiger partial charge in [-0.15, -0.1) is 0 Å². The molecular formula is C29H27Cl2N3O6. The fourth-order valence-electron chi connectivity index (χ4n) is 3.88. The van der Waals surface area contributed by atoms with Crippen molar-refractivity contribution in [3.05, 3.63) is 99.2 Å². The lowest BCUT2D eigenvalue weighted by molar-refractivity contribution is -0.147. The molecule has 0 spiro atoms. The molecule has 0 radical (unpaired) electrons. The molecule has 0 unspecified atom stereocenters. The zero-order valence-electron chi connectivity index (χ0n) is 22.2. The normalized spacial score (nSPS) is 11.8. The Kier molecular flexibility index (Phi) is 9.19. The fraction of sp³-hybridized carbons (Fsp3) is 0.207. The van der Waals surface area contributed by atoms with Crippen molar-refractivity contribution in [1.29, 1.82) is 0 Å². The third kappa shape index (κ3) is 6.86. The summed E-state index contributed by atoms with van der Waals surface area (Å²) in [5.74, 6) is 0.238. The van der Waals surface area contributed by atoms with Crippen LogP contribution >= 0.6 is 23.2 Å². The van der Waals surface area contributed by atoms with Gasteiger partial charge in [-0.1, -0.05) is 23.2 Å². The summed E-state index contributed by atoms with van der Waals surface area (Å²) in [5, 5.41) is 4.25. The lowest BCUT2D eigenvalue weighted by Crippen LogP contribution is -2.25. The quantitative estimate of drug-likeness (QED) is 0.134. The van der Waals surface area contributed by atoms with Gasteiger partial charge in [0.15, 0.2) is 17.6 Å². The van der Waals surface area contributed by atoms with Crippen molar-refractivity contribution < 1.29 is 28.2 Å². The van der Waals surface area contributed by atoms with E-state index in [-0.39, 0.29) is 28.2 Å². The molecule has 0 aliphatic heterocycles. The average Bonchev–Trinajstić information content (AvgIpc) is 3.55. The van der Waals surface area contributed by atoms with Gasteiger partial charge < -0.3 is 23.2 Å². The van der Waals surface area contributed by atoms with E-state index in [1.165, 1.54) is 38.4 Å². The maximum atomic E-state index is 12.5. The lowest BCUT2D eigenvalue weighted by atomic mass is 10.2. The van der Waals surface area contributed by atoms with E-state index in [0.717, 1.165) is 17.1 Å². The molecule has 11 heteroatoms. The molecule has 0 saturated heterocycles. The van der Waals surface area contributed by atoms with Crippen molar-refractivity contribution >= 4 is 41.3 Å². The van der Waals surface area contributed by atoms with Crippen LogP contribution in [0.3, 0.4) is 0 Å². The Balaban J connectivity index is 1.30. The maximum Gasteiger partial charge on any atom is 0.346 e. The first kappa shape index (κ1) is 28.8. The van der Waals surface area contributed by atoms with Crippen molar-refractivity contribution in [2.24, 2.45) is 5.10 Å². The first-order valence-corrected chi connectivity index (χ1v) is 13.0. The number of amides is 1. The average molecular weight is 584 g/mol. The zero-order chi connectivity index (χ0) is 28.8. The predicted molar refractivity (Wildman–Crippen MR) is 152 cm³/mol. The van der Waals surface area contributed by atoms with Gasteiger partial charge in [-0.05, 0) is 87.0 Å². The van der Waals surface area contributed by atoms with Gasteiger partial charge in [-0.3, -0.25) is 4.79 Å². The fourth-order valence-corrected chi connectivity index (χ4v) is 4.47. The number of carbonyl (C=O) groups is 2. The van der Waals surface area contributed by atoms with Crippen molar-refractivity contribution in [2.45, 2.75) is 33.5 Å². The zero-order valence-corrected chi connectivity index (χ0v) is 23.7. The molecule has 2 aromatic carbocycles. The standard InChI is InChI=1S/C29H27Cl2N3O6/c1-17-5-6-18(2)34(17)21-7-9-22(10-8-21)38-16-23-11-12-26(40-23)28(35)33-32-15-20-13-24(30)27(25(31)14-20)39-19(3)29(36)37-4/h5-15,19H,16H2,1-4H3,(H,33,35)/b32-15+/t19-/m0/s1. The molecule has 0 saturated carbocycles. The molecular weight excluding hydrogens is 557 g/mol. The third-order valence-electron chi connectivity index (χ3n) is 5.86. The number of nitrogens with zero attached hydrogens (tertiary/aromatic N) is 2. The highest BCUT2D eigenvalue weighted by molar-refractivity contribution is 6.37. The van der Waals surface area contributed by atoms with Crippen molar-refractivity contribution in [3.63, 3.8) is 0 Å². The number of hydrogen-bond acceptors (Lipinski definition) is 7. The summed E-state index contributed by atoms with van der Waals surface area (Å²) < 4.78 is 23.7. The van der Waals surface area contributed by atoms with Crippen LogP contribution in [0.15, 0.2) is 70.2 Å². The molecule has 4 rings (SSSR count). The number of furan rings is 1. The number of halogens is 2. The summed E-state index contributed by atoms with van der Waals surface area (Å²) in [7, 11) is 1.25. The number of aryl methyl sites for hydroxylation is 2. The third-order valence-corrected chi connectivity index (χ3v) is 6.42. The molecule has 0 bridgehead atoms. The number of benzene rings is 2. The molecule has 1 atom stereocenters. The van der Waals surface area contributed by atoms with Gasteiger partial charge in [0.2, 0.25) is 0 Å². The van der Waals surface area contributed by atoms with Crippen LogP contribution in [0.4, 0.5) is 0 Å². The summed E-state index contributed by atoms with van der Waals surface area (Å²) in [4.78, 5) is 24.0. The topological polar surface area (TPSA) is 104 Å². The monoisotopic (exact) mass is 583 g/mol. The number of esters is 1. The SMILES string of the molecule is COC(=O)[C@H](C)Oc1c(Cl)cc(/C=N/NC(=O)c2ccc(COc3ccc(-n4c(C)ccc4C)cc3)o2)cc1Cl. The van der Waals surface area contributed by atoms with Crippen LogP contribution in [-0.2, 0) is 16.1 Å². The van der Waals surface area contributed by atoms with E-state index < -0.39 is 18.0 Å². The molecule has 0 fully saturated rings. The highest BCUT2D eigenvalue weighted by Gasteiger charge is 2.19. The number of rotatable bonds is 10. The minimum absolute atomic E-state index is 0.0706. The summed E-state index contributed by atoms with van der Waals surface area (Å²) >= 11 is 12.5. The number of aromatic nitrogens is 1. The number of nitrogens with one attached hydrogen (secondary N) is 1. The Labute approximate surface area is 241 Å². The highest BCUT2D eigenvalue weighted by atomic mass is 35.5. The molecule has 1 N–H and O–H groups in total. The summed E-state index contributed by atoms with van der Waals surface area (Å²) in [6.45, 7) is 5.78. The largest absolute Gasteiger partial charge is 0.486 e. The summed E-state index contributed by atoms with van der Waals surface area (Å²) in [6.07, 6.45) is 0.461. The minimum atomic E-state index is -0.897. The van der Waals surface area contributed by atoms with Crippen molar-refractivity contribution in [2.75, 3.05) is 7.11 Å². The van der Waals surface area contributed by atoms with Crippen LogP contribution < -0.4 is 14.9 Å². The van der Waals surface area contributed by atoms with E-state index >= 15 is 0 Å². The molecule has 208 valence electrons. The van der Waals surface area contributed by atoms with Gasteiger partial charge in [0.1, 0.15) is 18.1 Å². The second-order valence-electron chi connectivity index (χ2n) is 8.80. The lowest BCUT2D eigenvalue weighted by Gasteiger charge is -2.15. The minimum Gasteiger partial charge on any atom is -0.486 e. The van der Waals surface area contributed by atoms with Gasteiger partial charge in [-0.25, -0.2) is 10.2 Å². The van der Waals surface area contributed by atoms with E-state index in [4.69, 9.17) is 37.1 Å². The van der Waals surface area contributed by atoms with Crippen LogP contribution in [0.5, 0.6) is 11.5 Å². The Morgan fingerprint density at radius 3 is 2.30 bits per heavy atom. The van der Waals surface area contributed by atoms with Crippen LogP contribution in [0.1, 0.15) is 40.2 Å². The van der Waals surface area contributed by atoms with Gasteiger partial charge in [0, 0.05) is 17.1 Å². The summed E-state index contributed by atoms with van der Waals surface area (Å²) in [5.41, 5.74) is 6.23. The Morgan fingerprint density at radius 2 is 1.68 bits per heavy atom. The van der Waals surface area contributed by atoms with Crippen LogP contribution in [0.25, 0.3) is 5.69 Å². The molecule has 1 amide bonds. The Hall–Kier alpha value is -4.21. The molecule has 2 heterocycles. The van der Waals surface area contributed by atoms with E-state index in [1.54, 1.807) is 6.07 Å². The van der Waals surface area contributed by atoms with Gasteiger partial charge >= 0.3 is 11.9 Å². The van der Waals surface area contributed by atoms with Crippen molar-refractivity contribution in [1.82, 2.24) is 9.99 Å². The van der Waals surface area contributed by atoms with Crippen LogP contribution in [0.2, 0.25) is 10.0 Å². The first-order valence-electron chi connectivity index (χ1n) is 12.2. The second kappa shape index (κ2) is 12.8. The molecule has 4 aromatic rings. The number of hydrogen-bond donors (Lipinski definition) is 1. The molecule has 0 aliphatic carbocycles. The van der Waals surface area contributed by atoms with Crippen LogP contribution in [0, 0.1) is 13.8 Å². The van der Waals surface area contributed by atoms with E-state index in [9.17, 15) is 9.59 Å². The smallest absolute Gasteiger partial charge is 0.346 e.